The van der Waals surface area contributed by atoms with Gasteiger partial charge >= 0.3 is 0 Å². The minimum Gasteiger partial charge on any atom is -0.337 e. The summed E-state index contributed by atoms with van der Waals surface area (Å²) in [5, 5.41) is 1.96. The molecule has 1 aromatic heterocycles. The summed E-state index contributed by atoms with van der Waals surface area (Å²) in [4.78, 5) is 14.7. The number of carbonyl (C=O) groups is 1. The molecule has 0 spiro atoms. The maximum Gasteiger partial charge on any atom is 0.246 e. The maximum absolute atomic E-state index is 12.0. The molecule has 1 aromatic rings. The van der Waals surface area contributed by atoms with Gasteiger partial charge in [-0.1, -0.05) is 6.07 Å². The van der Waals surface area contributed by atoms with E-state index in [1.54, 1.807) is 35.3 Å². The van der Waals surface area contributed by atoms with Gasteiger partial charge in [0.15, 0.2) is 0 Å². The highest BCUT2D eigenvalue weighted by Crippen LogP contribution is 2.12. The Labute approximate surface area is 123 Å². The van der Waals surface area contributed by atoms with Crippen molar-refractivity contribution in [2.45, 2.75) is 6.92 Å². The molecule has 0 aliphatic carbocycles. The first-order chi connectivity index (χ1) is 9.53. The van der Waals surface area contributed by atoms with Gasteiger partial charge in [-0.3, -0.25) is 4.79 Å². The molecule has 1 aliphatic rings. The average molecular weight is 314 g/mol. The Bertz CT molecular complexity index is 571. The van der Waals surface area contributed by atoms with Crippen molar-refractivity contribution < 1.29 is 13.2 Å². The summed E-state index contributed by atoms with van der Waals surface area (Å²) in [7, 11) is -3.14. The minimum atomic E-state index is -3.14. The van der Waals surface area contributed by atoms with Gasteiger partial charge in [0.2, 0.25) is 15.9 Å². The lowest BCUT2D eigenvalue weighted by atomic mass is 10.3. The van der Waals surface area contributed by atoms with Crippen molar-refractivity contribution in [1.29, 1.82) is 0 Å². The van der Waals surface area contributed by atoms with E-state index in [2.05, 4.69) is 0 Å². The van der Waals surface area contributed by atoms with Crippen LogP contribution in [0.4, 0.5) is 0 Å². The molecule has 5 nitrogen and oxygen atoms in total. The largest absolute Gasteiger partial charge is 0.337 e. The molecule has 1 fully saturated rings. The van der Waals surface area contributed by atoms with Gasteiger partial charge in [0, 0.05) is 37.1 Å². The van der Waals surface area contributed by atoms with Crippen LogP contribution in [0.3, 0.4) is 0 Å². The summed E-state index contributed by atoms with van der Waals surface area (Å²) in [6.45, 7) is 3.31. The topological polar surface area (TPSA) is 57.7 Å². The SMILES string of the molecule is CCS(=O)(=O)N1CCN(C(=O)/C=C\c2cccs2)CC1. The summed E-state index contributed by atoms with van der Waals surface area (Å²) in [5.74, 6) is 0.0473. The van der Waals surface area contributed by atoms with E-state index in [1.165, 1.54) is 4.31 Å². The molecule has 110 valence electrons. The summed E-state index contributed by atoms with van der Waals surface area (Å²) >= 11 is 1.57. The Morgan fingerprint density at radius 2 is 2.05 bits per heavy atom. The number of rotatable bonds is 4. The van der Waals surface area contributed by atoms with Crippen LogP contribution in [0.15, 0.2) is 23.6 Å². The fraction of sp³-hybridized carbons (Fsp3) is 0.462. The first-order valence-electron chi connectivity index (χ1n) is 6.51. The lowest BCUT2D eigenvalue weighted by molar-refractivity contribution is -0.127. The van der Waals surface area contributed by atoms with Gasteiger partial charge < -0.3 is 4.90 Å². The number of piperazine rings is 1. The van der Waals surface area contributed by atoms with E-state index < -0.39 is 10.0 Å². The van der Waals surface area contributed by atoms with Crippen molar-refractivity contribution in [2.24, 2.45) is 0 Å². The molecule has 1 saturated heterocycles. The molecule has 0 radical (unpaired) electrons. The third-order valence-electron chi connectivity index (χ3n) is 3.24. The Morgan fingerprint density at radius 3 is 2.60 bits per heavy atom. The first kappa shape index (κ1) is 15.2. The minimum absolute atomic E-state index is 0.0630. The summed E-state index contributed by atoms with van der Waals surface area (Å²) in [6.07, 6.45) is 3.35. The third-order valence-corrected chi connectivity index (χ3v) is 5.96. The van der Waals surface area contributed by atoms with Crippen LogP contribution in [0.1, 0.15) is 11.8 Å². The smallest absolute Gasteiger partial charge is 0.246 e. The summed E-state index contributed by atoms with van der Waals surface area (Å²) in [5.41, 5.74) is 0. The van der Waals surface area contributed by atoms with Crippen molar-refractivity contribution in [3.05, 3.63) is 28.5 Å². The zero-order chi connectivity index (χ0) is 14.6. The van der Waals surface area contributed by atoms with Crippen molar-refractivity contribution in [3.8, 4) is 0 Å². The van der Waals surface area contributed by atoms with Crippen LogP contribution in [0.5, 0.6) is 0 Å². The molecular formula is C13H18N2O3S2. The molecule has 1 amide bonds. The van der Waals surface area contributed by atoms with E-state index >= 15 is 0 Å². The van der Waals surface area contributed by atoms with Gasteiger partial charge in [0.25, 0.3) is 0 Å². The van der Waals surface area contributed by atoms with Gasteiger partial charge in [-0.2, -0.15) is 4.31 Å². The Kier molecular flexibility index (Phi) is 4.95. The molecule has 0 N–H and O–H groups in total. The quantitative estimate of drug-likeness (QED) is 0.786. The van der Waals surface area contributed by atoms with E-state index in [1.807, 2.05) is 17.5 Å². The lowest BCUT2D eigenvalue weighted by Crippen LogP contribution is -2.50. The number of carbonyl (C=O) groups excluding carboxylic acids is 1. The van der Waals surface area contributed by atoms with Crippen molar-refractivity contribution in [2.75, 3.05) is 31.9 Å². The number of thiophene rings is 1. The number of hydrogen-bond acceptors (Lipinski definition) is 4. The van der Waals surface area contributed by atoms with E-state index in [0.717, 1.165) is 4.88 Å². The average Bonchev–Trinajstić information content (AvgIpc) is 2.98. The van der Waals surface area contributed by atoms with E-state index in [0.29, 0.717) is 26.2 Å². The predicted octanol–water partition coefficient (Wildman–Crippen LogP) is 1.26. The van der Waals surface area contributed by atoms with E-state index in [-0.39, 0.29) is 11.7 Å². The molecule has 0 bridgehead atoms. The second-order valence-corrected chi connectivity index (χ2v) is 7.71. The fourth-order valence-corrected chi connectivity index (χ4v) is 3.72. The number of amides is 1. The summed E-state index contributed by atoms with van der Waals surface area (Å²) < 4.78 is 24.9. The number of sulfonamides is 1. The zero-order valence-corrected chi connectivity index (χ0v) is 13.0. The Morgan fingerprint density at radius 1 is 1.35 bits per heavy atom. The molecule has 0 saturated carbocycles. The summed E-state index contributed by atoms with van der Waals surface area (Å²) in [6, 6.07) is 3.88. The highest BCUT2D eigenvalue weighted by Gasteiger charge is 2.26. The number of nitrogens with zero attached hydrogens (tertiary/aromatic N) is 2. The number of hydrogen-bond donors (Lipinski definition) is 0. The van der Waals surface area contributed by atoms with Crippen LogP contribution in [0, 0.1) is 0 Å². The highest BCUT2D eigenvalue weighted by atomic mass is 32.2. The van der Waals surface area contributed by atoms with Gasteiger partial charge in [0.1, 0.15) is 0 Å². The van der Waals surface area contributed by atoms with Gasteiger partial charge in [-0.05, 0) is 24.4 Å². The Balaban J connectivity index is 1.89. The lowest BCUT2D eigenvalue weighted by Gasteiger charge is -2.33. The predicted molar refractivity (Wildman–Crippen MR) is 81.0 cm³/mol. The standard InChI is InChI=1S/C13H18N2O3S2/c1-2-20(17,18)15-9-7-14(8-10-15)13(16)6-5-12-4-3-11-19-12/h3-6,11H,2,7-10H2,1H3/b6-5-. The van der Waals surface area contributed by atoms with Crippen molar-refractivity contribution >= 4 is 33.3 Å². The molecule has 1 aliphatic heterocycles. The highest BCUT2D eigenvalue weighted by molar-refractivity contribution is 7.89. The van der Waals surface area contributed by atoms with Crippen LogP contribution in [-0.4, -0.2) is 55.5 Å². The normalized spacial score (nSPS) is 17.8. The van der Waals surface area contributed by atoms with Gasteiger partial charge in [0.05, 0.1) is 5.75 Å². The van der Waals surface area contributed by atoms with Crippen LogP contribution in [-0.2, 0) is 14.8 Å². The molecule has 0 unspecified atom stereocenters. The van der Waals surface area contributed by atoms with Crippen LogP contribution in [0.2, 0.25) is 0 Å². The van der Waals surface area contributed by atoms with Gasteiger partial charge in [-0.15, -0.1) is 11.3 Å². The maximum atomic E-state index is 12.0. The molecule has 20 heavy (non-hydrogen) atoms. The van der Waals surface area contributed by atoms with Crippen molar-refractivity contribution in [3.63, 3.8) is 0 Å². The molecule has 2 rings (SSSR count). The van der Waals surface area contributed by atoms with Crippen molar-refractivity contribution in [1.82, 2.24) is 9.21 Å². The van der Waals surface area contributed by atoms with Crippen LogP contribution >= 0.6 is 11.3 Å². The molecule has 2 heterocycles. The first-order valence-corrected chi connectivity index (χ1v) is 9.00. The molecule has 0 aromatic carbocycles. The van der Waals surface area contributed by atoms with E-state index in [4.69, 9.17) is 0 Å². The van der Waals surface area contributed by atoms with Crippen LogP contribution in [0.25, 0.3) is 6.08 Å². The van der Waals surface area contributed by atoms with Gasteiger partial charge in [-0.25, -0.2) is 8.42 Å². The third kappa shape index (κ3) is 3.68. The zero-order valence-electron chi connectivity index (χ0n) is 11.4. The fourth-order valence-electron chi connectivity index (χ4n) is 2.01. The monoisotopic (exact) mass is 314 g/mol. The second kappa shape index (κ2) is 6.51. The van der Waals surface area contributed by atoms with Crippen LogP contribution < -0.4 is 0 Å². The molecule has 0 atom stereocenters. The van der Waals surface area contributed by atoms with E-state index in [9.17, 15) is 13.2 Å². The molecule has 7 heteroatoms. The molecular weight excluding hydrogens is 296 g/mol. The Hall–Kier alpha value is -1.18. The second-order valence-electron chi connectivity index (χ2n) is 4.47.